The zero-order valence-electron chi connectivity index (χ0n) is 9.90. The second kappa shape index (κ2) is 6.32. The Morgan fingerprint density at radius 2 is 2.12 bits per heavy atom. The fourth-order valence-corrected chi connectivity index (χ4v) is 2.99. The highest BCUT2D eigenvalue weighted by atomic mass is 79.9. The van der Waals surface area contributed by atoms with E-state index in [1.807, 2.05) is 0 Å². The molecule has 0 bridgehead atoms. The van der Waals surface area contributed by atoms with Gasteiger partial charge in [-0.2, -0.15) is 0 Å². The highest BCUT2D eigenvalue weighted by molar-refractivity contribution is 9.10. The number of benzene rings is 1. The monoisotopic (exact) mass is 361 g/mol. The highest BCUT2D eigenvalue weighted by Gasteiger charge is 2.24. The molecule has 0 N–H and O–H groups in total. The highest BCUT2D eigenvalue weighted by Crippen LogP contribution is 2.20. The molecule has 4 heteroatoms. The fourth-order valence-electron chi connectivity index (χ4n) is 2.22. The number of hydrogen-bond acceptors (Lipinski definition) is 2. The van der Waals surface area contributed by atoms with Gasteiger partial charge < -0.3 is 4.74 Å². The van der Waals surface area contributed by atoms with E-state index in [4.69, 9.17) is 4.74 Å². The van der Waals surface area contributed by atoms with Crippen molar-refractivity contribution < 1.29 is 4.74 Å². The number of nitrogens with zero attached hydrogens (tertiary/aromatic N) is 1. The Morgan fingerprint density at radius 3 is 2.82 bits per heavy atom. The first-order valence-corrected chi connectivity index (χ1v) is 7.77. The molecule has 1 aliphatic rings. The smallest absolute Gasteiger partial charge is 0.0802 e. The third-order valence-electron chi connectivity index (χ3n) is 2.93. The standard InChI is InChI=1S/C13H17Br2NO/c1-10-7-16(9-12(6-14)17-10)8-11-4-2-3-5-13(11)15/h2-5,10,12H,6-9H2,1H3. The van der Waals surface area contributed by atoms with Crippen molar-refractivity contribution in [2.75, 3.05) is 18.4 Å². The first-order chi connectivity index (χ1) is 8.19. The molecule has 1 fully saturated rings. The van der Waals surface area contributed by atoms with E-state index >= 15 is 0 Å². The number of halogens is 2. The number of rotatable bonds is 3. The maximum absolute atomic E-state index is 5.83. The van der Waals surface area contributed by atoms with Crippen LogP contribution < -0.4 is 0 Å². The summed E-state index contributed by atoms with van der Waals surface area (Å²) in [4.78, 5) is 2.46. The first kappa shape index (κ1) is 13.5. The van der Waals surface area contributed by atoms with Gasteiger partial charge in [0.15, 0.2) is 0 Å². The summed E-state index contributed by atoms with van der Waals surface area (Å²) < 4.78 is 7.02. The molecule has 1 heterocycles. The maximum atomic E-state index is 5.83. The van der Waals surface area contributed by atoms with Gasteiger partial charge in [0.1, 0.15) is 0 Å². The second-order valence-electron chi connectivity index (χ2n) is 4.51. The van der Waals surface area contributed by atoms with Crippen molar-refractivity contribution in [2.24, 2.45) is 0 Å². The summed E-state index contributed by atoms with van der Waals surface area (Å²) in [6.07, 6.45) is 0.620. The van der Waals surface area contributed by atoms with Gasteiger partial charge in [-0.05, 0) is 18.6 Å². The van der Waals surface area contributed by atoms with E-state index in [9.17, 15) is 0 Å². The molecular weight excluding hydrogens is 346 g/mol. The van der Waals surface area contributed by atoms with E-state index < -0.39 is 0 Å². The van der Waals surface area contributed by atoms with Gasteiger partial charge in [0.2, 0.25) is 0 Å². The van der Waals surface area contributed by atoms with Crippen LogP contribution in [-0.2, 0) is 11.3 Å². The largest absolute Gasteiger partial charge is 0.372 e. The van der Waals surface area contributed by atoms with Crippen LogP contribution in [-0.4, -0.2) is 35.5 Å². The quantitative estimate of drug-likeness (QED) is 0.764. The topological polar surface area (TPSA) is 12.5 Å². The molecule has 2 atom stereocenters. The van der Waals surface area contributed by atoms with Crippen LogP contribution in [0.25, 0.3) is 0 Å². The molecule has 0 amide bonds. The summed E-state index contributed by atoms with van der Waals surface area (Å²) in [7, 11) is 0. The Labute approximate surface area is 120 Å². The minimum atomic E-state index is 0.307. The molecule has 2 rings (SSSR count). The third-order valence-corrected chi connectivity index (χ3v) is 4.42. The molecule has 0 spiro atoms. The molecule has 0 saturated carbocycles. The zero-order valence-corrected chi connectivity index (χ0v) is 13.1. The van der Waals surface area contributed by atoms with Gasteiger partial charge in [-0.1, -0.05) is 50.1 Å². The van der Waals surface area contributed by atoms with Crippen LogP contribution in [0.3, 0.4) is 0 Å². The molecule has 0 radical (unpaired) electrons. The maximum Gasteiger partial charge on any atom is 0.0802 e. The normalized spacial score (nSPS) is 26.1. The van der Waals surface area contributed by atoms with Crippen LogP contribution in [0.4, 0.5) is 0 Å². The van der Waals surface area contributed by atoms with E-state index in [1.54, 1.807) is 0 Å². The molecule has 1 aromatic rings. The van der Waals surface area contributed by atoms with E-state index in [-0.39, 0.29) is 0 Å². The number of alkyl halides is 1. The van der Waals surface area contributed by atoms with Crippen LogP contribution in [0.1, 0.15) is 12.5 Å². The van der Waals surface area contributed by atoms with Gasteiger partial charge in [-0.25, -0.2) is 0 Å². The Bertz CT molecular complexity index is 372. The number of morpholine rings is 1. The Kier molecular flexibility index (Phi) is 5.03. The molecule has 1 aromatic carbocycles. The lowest BCUT2D eigenvalue weighted by Gasteiger charge is -2.36. The number of ether oxygens (including phenoxy) is 1. The van der Waals surface area contributed by atoms with Crippen molar-refractivity contribution in [3.05, 3.63) is 34.3 Å². The molecule has 2 nitrogen and oxygen atoms in total. The van der Waals surface area contributed by atoms with Gasteiger partial charge in [-0.15, -0.1) is 0 Å². The van der Waals surface area contributed by atoms with Crippen LogP contribution in [0.2, 0.25) is 0 Å². The molecule has 0 aliphatic carbocycles. The Morgan fingerprint density at radius 1 is 1.35 bits per heavy atom. The minimum Gasteiger partial charge on any atom is -0.372 e. The summed E-state index contributed by atoms with van der Waals surface area (Å²) in [5.74, 6) is 0. The SMILES string of the molecule is CC1CN(Cc2ccccc2Br)CC(CBr)O1. The Hall–Kier alpha value is 0.1000. The summed E-state index contributed by atoms with van der Waals surface area (Å²) in [5.41, 5.74) is 1.34. The van der Waals surface area contributed by atoms with Crippen LogP contribution in [0.15, 0.2) is 28.7 Å². The van der Waals surface area contributed by atoms with Crippen molar-refractivity contribution in [1.82, 2.24) is 4.90 Å². The van der Waals surface area contributed by atoms with Gasteiger partial charge >= 0.3 is 0 Å². The van der Waals surface area contributed by atoms with Crippen LogP contribution in [0.5, 0.6) is 0 Å². The van der Waals surface area contributed by atoms with Crippen LogP contribution in [0, 0.1) is 0 Å². The lowest BCUT2D eigenvalue weighted by molar-refractivity contribution is -0.0678. The molecular formula is C13H17Br2NO. The predicted molar refractivity (Wildman–Crippen MR) is 77.5 cm³/mol. The van der Waals surface area contributed by atoms with E-state index in [0.717, 1.165) is 25.0 Å². The summed E-state index contributed by atoms with van der Waals surface area (Å²) in [6.45, 7) is 5.13. The minimum absolute atomic E-state index is 0.307. The summed E-state index contributed by atoms with van der Waals surface area (Å²) >= 11 is 7.11. The predicted octanol–water partition coefficient (Wildman–Crippen LogP) is 3.43. The van der Waals surface area contributed by atoms with Crippen LogP contribution >= 0.6 is 31.9 Å². The van der Waals surface area contributed by atoms with Gasteiger partial charge in [-0.3, -0.25) is 4.90 Å². The summed E-state index contributed by atoms with van der Waals surface area (Å²) in [6, 6.07) is 8.41. The average Bonchev–Trinajstić information content (AvgIpc) is 2.31. The molecule has 0 aromatic heterocycles. The number of hydrogen-bond donors (Lipinski definition) is 0. The molecule has 1 aliphatic heterocycles. The Balaban J connectivity index is 2.01. The zero-order chi connectivity index (χ0) is 12.3. The lowest BCUT2D eigenvalue weighted by Crippen LogP contribution is -2.46. The van der Waals surface area contributed by atoms with Crippen molar-refractivity contribution in [2.45, 2.75) is 25.7 Å². The van der Waals surface area contributed by atoms with E-state index in [2.05, 4.69) is 67.9 Å². The molecule has 17 heavy (non-hydrogen) atoms. The van der Waals surface area contributed by atoms with Crippen molar-refractivity contribution in [1.29, 1.82) is 0 Å². The van der Waals surface area contributed by atoms with Gasteiger partial charge in [0, 0.05) is 29.4 Å². The lowest BCUT2D eigenvalue weighted by atomic mass is 10.1. The van der Waals surface area contributed by atoms with Gasteiger partial charge in [0.25, 0.3) is 0 Å². The summed E-state index contributed by atoms with van der Waals surface area (Å²) in [5, 5.41) is 0.907. The molecule has 2 unspecified atom stereocenters. The van der Waals surface area contributed by atoms with E-state index in [1.165, 1.54) is 10.0 Å². The first-order valence-electron chi connectivity index (χ1n) is 5.86. The molecule has 94 valence electrons. The van der Waals surface area contributed by atoms with Crippen molar-refractivity contribution in [3.63, 3.8) is 0 Å². The van der Waals surface area contributed by atoms with Gasteiger partial charge in [0.05, 0.1) is 12.2 Å². The van der Waals surface area contributed by atoms with Crippen molar-refractivity contribution in [3.8, 4) is 0 Å². The molecule has 1 saturated heterocycles. The fraction of sp³-hybridized carbons (Fsp3) is 0.538. The third kappa shape index (κ3) is 3.78. The van der Waals surface area contributed by atoms with Crippen molar-refractivity contribution >= 4 is 31.9 Å². The second-order valence-corrected chi connectivity index (χ2v) is 6.01. The van der Waals surface area contributed by atoms with E-state index in [0.29, 0.717) is 12.2 Å². The average molecular weight is 363 g/mol.